The van der Waals surface area contributed by atoms with Crippen LogP contribution in [0.4, 0.5) is 20.4 Å². The fourth-order valence-corrected chi connectivity index (χ4v) is 4.07. The summed E-state index contributed by atoms with van der Waals surface area (Å²) in [6.45, 7) is 1.74. The molecular weight excluding hydrogens is 458 g/mol. The van der Waals surface area contributed by atoms with Crippen LogP contribution >= 0.6 is 23.5 Å². The van der Waals surface area contributed by atoms with Gasteiger partial charge in [0.15, 0.2) is 11.5 Å². The van der Waals surface area contributed by atoms with Crippen molar-refractivity contribution < 1.29 is 13.5 Å². The number of benzene rings is 1. The predicted octanol–water partition coefficient (Wildman–Crippen LogP) is 5.50. The third-order valence-electron chi connectivity index (χ3n) is 4.61. The summed E-state index contributed by atoms with van der Waals surface area (Å²) in [6.07, 6.45) is 3.02. The highest BCUT2D eigenvalue weighted by Gasteiger charge is 2.19. The monoisotopic (exact) mass is 474 g/mol. The Morgan fingerprint density at radius 3 is 2.62 bits per heavy atom. The van der Waals surface area contributed by atoms with Gasteiger partial charge in [0.25, 0.3) is 0 Å². The largest absolute Gasteiger partial charge is 0.480 e. The van der Waals surface area contributed by atoms with Gasteiger partial charge in [-0.3, -0.25) is 0 Å². The van der Waals surface area contributed by atoms with Crippen molar-refractivity contribution in [2.75, 3.05) is 24.2 Å². The van der Waals surface area contributed by atoms with Crippen LogP contribution in [0.2, 0.25) is 5.02 Å². The molecule has 0 spiro atoms. The molecule has 0 fully saturated rings. The number of methoxy groups -OCH3 is 1. The molecule has 0 saturated carbocycles. The van der Waals surface area contributed by atoms with E-state index in [9.17, 15) is 4.39 Å². The second kappa shape index (κ2) is 9.09. The summed E-state index contributed by atoms with van der Waals surface area (Å²) in [5.74, 6) is -0.802. The lowest BCUT2D eigenvalue weighted by atomic mass is 10.0. The van der Waals surface area contributed by atoms with Crippen LogP contribution in [0, 0.1) is 18.6 Å². The van der Waals surface area contributed by atoms with Crippen molar-refractivity contribution in [2.24, 2.45) is 0 Å². The van der Waals surface area contributed by atoms with Crippen LogP contribution in [0.1, 0.15) is 5.69 Å². The molecular formula is C21H17ClF2N6OS. The van der Waals surface area contributed by atoms with Gasteiger partial charge >= 0.3 is 0 Å². The number of anilines is 2. The van der Waals surface area contributed by atoms with Crippen LogP contribution in [-0.4, -0.2) is 34.1 Å². The summed E-state index contributed by atoms with van der Waals surface area (Å²) in [6, 6.07) is 5.88. The van der Waals surface area contributed by atoms with Crippen LogP contribution in [0.3, 0.4) is 0 Å². The number of rotatable bonds is 6. The molecule has 3 heterocycles. The number of aromatic nitrogens is 4. The standard InChI is InChI=1S/C21H17ClF2N6OS/c1-10-14(6-11-8-27-21(25-2)29-19(11)28-10)13-4-5-15(23)18(17(13)24)30-32-16-7-12(22)9-26-20(16)31-3/h4-9,30H,1-3H3,(H,25,27,28,29). The summed E-state index contributed by atoms with van der Waals surface area (Å²) in [7, 11) is 3.15. The average Bonchev–Trinajstić information content (AvgIpc) is 2.78. The molecule has 1 aromatic carbocycles. The van der Waals surface area contributed by atoms with Gasteiger partial charge in [-0.2, -0.15) is 4.98 Å². The zero-order valence-corrected chi connectivity index (χ0v) is 18.8. The molecule has 0 aliphatic heterocycles. The minimum atomic E-state index is -0.761. The van der Waals surface area contributed by atoms with E-state index in [0.29, 0.717) is 38.2 Å². The fraction of sp³-hybridized carbons (Fsp3) is 0.143. The number of nitrogens with zero attached hydrogens (tertiary/aromatic N) is 4. The van der Waals surface area contributed by atoms with Gasteiger partial charge in [0.2, 0.25) is 11.8 Å². The van der Waals surface area contributed by atoms with E-state index >= 15 is 4.39 Å². The number of fused-ring (bicyclic) bond motifs is 1. The van der Waals surface area contributed by atoms with Gasteiger partial charge in [0.1, 0.15) is 11.5 Å². The molecule has 4 rings (SSSR count). The Kier molecular flexibility index (Phi) is 6.24. The third kappa shape index (κ3) is 4.23. The van der Waals surface area contributed by atoms with E-state index in [-0.39, 0.29) is 17.1 Å². The van der Waals surface area contributed by atoms with Crippen molar-refractivity contribution in [3.63, 3.8) is 0 Å². The Balaban J connectivity index is 1.72. The first kappa shape index (κ1) is 22.0. The van der Waals surface area contributed by atoms with E-state index in [2.05, 4.69) is 30.0 Å². The zero-order valence-electron chi connectivity index (χ0n) is 17.2. The van der Waals surface area contributed by atoms with Crippen molar-refractivity contribution >= 4 is 46.2 Å². The molecule has 164 valence electrons. The highest BCUT2D eigenvalue weighted by molar-refractivity contribution is 8.00. The minimum absolute atomic E-state index is 0.190. The van der Waals surface area contributed by atoms with E-state index in [0.717, 1.165) is 11.9 Å². The normalized spacial score (nSPS) is 10.9. The highest BCUT2D eigenvalue weighted by Crippen LogP contribution is 2.36. The van der Waals surface area contributed by atoms with E-state index in [1.54, 1.807) is 32.3 Å². The van der Waals surface area contributed by atoms with Gasteiger partial charge in [0, 0.05) is 41.6 Å². The molecule has 3 aromatic heterocycles. The van der Waals surface area contributed by atoms with Crippen molar-refractivity contribution in [3.05, 3.63) is 59.0 Å². The smallest absolute Gasteiger partial charge is 0.228 e. The molecule has 4 aromatic rings. The molecule has 0 radical (unpaired) electrons. The fourth-order valence-electron chi connectivity index (χ4n) is 3.04. The topological polar surface area (TPSA) is 84.9 Å². The van der Waals surface area contributed by atoms with Crippen molar-refractivity contribution in [2.45, 2.75) is 11.8 Å². The Morgan fingerprint density at radius 2 is 1.88 bits per heavy atom. The lowest BCUT2D eigenvalue weighted by Crippen LogP contribution is -2.01. The van der Waals surface area contributed by atoms with Gasteiger partial charge < -0.3 is 14.8 Å². The maximum absolute atomic E-state index is 15.4. The molecule has 0 bridgehead atoms. The first-order chi connectivity index (χ1) is 15.4. The maximum atomic E-state index is 15.4. The molecule has 0 saturated heterocycles. The second-order valence-corrected chi connectivity index (χ2v) is 7.91. The molecule has 7 nitrogen and oxygen atoms in total. The number of hydrogen-bond donors (Lipinski definition) is 2. The van der Waals surface area contributed by atoms with Gasteiger partial charge in [0.05, 0.1) is 17.0 Å². The van der Waals surface area contributed by atoms with Crippen molar-refractivity contribution in [3.8, 4) is 17.0 Å². The number of nitrogens with one attached hydrogen (secondary N) is 2. The first-order valence-corrected chi connectivity index (χ1v) is 10.5. The Labute approximate surface area is 191 Å². The quantitative estimate of drug-likeness (QED) is 0.354. The summed E-state index contributed by atoms with van der Waals surface area (Å²) < 4.78 is 37.8. The first-order valence-electron chi connectivity index (χ1n) is 9.34. The Hall–Kier alpha value is -3.24. The molecule has 11 heteroatoms. The number of hydrogen-bond acceptors (Lipinski definition) is 8. The minimum Gasteiger partial charge on any atom is -0.480 e. The lowest BCUT2D eigenvalue weighted by molar-refractivity contribution is 0.387. The number of pyridine rings is 2. The van der Waals surface area contributed by atoms with Crippen LogP contribution in [-0.2, 0) is 0 Å². The molecule has 0 aliphatic carbocycles. The molecule has 0 unspecified atom stereocenters. The summed E-state index contributed by atoms with van der Waals surface area (Å²) >= 11 is 6.92. The van der Waals surface area contributed by atoms with Gasteiger partial charge in [-0.25, -0.2) is 23.7 Å². The third-order valence-corrected chi connectivity index (χ3v) is 5.63. The number of ether oxygens (including phenoxy) is 1. The van der Waals surface area contributed by atoms with Crippen molar-refractivity contribution in [1.82, 2.24) is 19.9 Å². The molecule has 2 N–H and O–H groups in total. The van der Waals surface area contributed by atoms with E-state index < -0.39 is 11.6 Å². The maximum Gasteiger partial charge on any atom is 0.228 e. The Bertz CT molecular complexity index is 1320. The Morgan fingerprint density at radius 1 is 1.06 bits per heavy atom. The van der Waals surface area contributed by atoms with Crippen LogP contribution < -0.4 is 14.8 Å². The SMILES string of the molecule is CNc1ncc2cc(-c3ccc(F)c(NSc4cc(Cl)cnc4OC)c3F)c(C)nc2n1. The zero-order chi connectivity index (χ0) is 22.8. The van der Waals surface area contributed by atoms with Crippen LogP contribution in [0.15, 0.2) is 41.6 Å². The van der Waals surface area contributed by atoms with Crippen LogP contribution in [0.25, 0.3) is 22.2 Å². The number of halogens is 3. The van der Waals surface area contributed by atoms with E-state index in [4.69, 9.17) is 16.3 Å². The summed E-state index contributed by atoms with van der Waals surface area (Å²) in [5.41, 5.74) is 1.41. The number of aryl methyl sites for hydroxylation is 1. The molecule has 0 aliphatic rings. The molecule has 32 heavy (non-hydrogen) atoms. The molecule has 0 atom stereocenters. The second-order valence-electron chi connectivity index (χ2n) is 6.63. The highest BCUT2D eigenvalue weighted by atomic mass is 35.5. The average molecular weight is 475 g/mol. The molecule has 0 amide bonds. The lowest BCUT2D eigenvalue weighted by Gasteiger charge is -2.14. The van der Waals surface area contributed by atoms with E-state index in [1.807, 2.05) is 0 Å². The van der Waals surface area contributed by atoms with Gasteiger partial charge in [-0.05, 0) is 43.1 Å². The van der Waals surface area contributed by atoms with E-state index in [1.165, 1.54) is 25.4 Å². The van der Waals surface area contributed by atoms with Crippen molar-refractivity contribution in [1.29, 1.82) is 0 Å². The van der Waals surface area contributed by atoms with Gasteiger partial charge in [-0.15, -0.1) is 0 Å². The predicted molar refractivity (Wildman–Crippen MR) is 122 cm³/mol. The summed E-state index contributed by atoms with van der Waals surface area (Å²) in [5, 5.41) is 3.85. The van der Waals surface area contributed by atoms with Gasteiger partial charge in [-0.1, -0.05) is 11.6 Å². The van der Waals surface area contributed by atoms with Crippen LogP contribution in [0.5, 0.6) is 5.88 Å². The summed E-state index contributed by atoms with van der Waals surface area (Å²) in [4.78, 5) is 17.5.